The van der Waals surface area contributed by atoms with Crippen LogP contribution < -0.4 is 0 Å². The summed E-state index contributed by atoms with van der Waals surface area (Å²) in [6, 6.07) is 3.66. The number of carbonyl (C=O) groups is 1. The molecule has 1 fully saturated rings. The van der Waals surface area contributed by atoms with Gasteiger partial charge in [0.15, 0.2) is 5.69 Å². The first-order chi connectivity index (χ1) is 12.7. The number of hydrogen-bond acceptors (Lipinski definition) is 7. The quantitative estimate of drug-likeness (QED) is 0.661. The molecule has 0 saturated carbocycles. The van der Waals surface area contributed by atoms with Crippen molar-refractivity contribution in [2.24, 2.45) is 0 Å². The number of furan rings is 1. The van der Waals surface area contributed by atoms with Gasteiger partial charge in [-0.15, -0.1) is 5.10 Å². The van der Waals surface area contributed by atoms with Crippen molar-refractivity contribution in [2.75, 3.05) is 13.1 Å². The van der Waals surface area contributed by atoms with Crippen molar-refractivity contribution in [3.63, 3.8) is 0 Å². The van der Waals surface area contributed by atoms with Crippen molar-refractivity contribution in [1.82, 2.24) is 30.0 Å². The van der Waals surface area contributed by atoms with E-state index < -0.39 is 0 Å². The summed E-state index contributed by atoms with van der Waals surface area (Å²) in [4.78, 5) is 18.4. The number of amides is 1. The third kappa shape index (κ3) is 3.41. The molecule has 0 aromatic carbocycles. The summed E-state index contributed by atoms with van der Waals surface area (Å²) in [6.45, 7) is 3.03. The number of piperidine rings is 1. The lowest BCUT2D eigenvalue weighted by Crippen LogP contribution is -2.40. The molecular weight excluding hydrogens is 336 g/mol. The van der Waals surface area contributed by atoms with E-state index in [-0.39, 0.29) is 11.9 Å². The maximum Gasteiger partial charge on any atom is 0.246 e. The molecule has 134 valence electrons. The summed E-state index contributed by atoms with van der Waals surface area (Å²) in [5.41, 5.74) is 0.558. The van der Waals surface area contributed by atoms with Crippen LogP contribution in [0.15, 0.2) is 39.6 Å². The molecule has 0 radical (unpaired) electrons. The Morgan fingerprint density at radius 3 is 3.12 bits per heavy atom. The molecule has 1 atom stereocenters. The number of likely N-dealkylation sites (tertiary alicyclic amines) is 1. The van der Waals surface area contributed by atoms with E-state index in [9.17, 15) is 4.79 Å². The minimum Gasteiger partial charge on any atom is -0.465 e. The molecule has 0 spiro atoms. The molecule has 0 N–H and O–H groups in total. The minimum atomic E-state index is -0.0415. The molecule has 3 aromatic heterocycles. The fourth-order valence-corrected chi connectivity index (χ4v) is 2.98. The minimum absolute atomic E-state index is 0.0415. The summed E-state index contributed by atoms with van der Waals surface area (Å²) < 4.78 is 12.0. The number of aromatic nitrogens is 5. The Balaban J connectivity index is 1.43. The predicted octanol–water partition coefficient (Wildman–Crippen LogP) is 2.11. The second kappa shape index (κ2) is 6.95. The lowest BCUT2D eigenvalue weighted by atomic mass is 10.1. The van der Waals surface area contributed by atoms with E-state index in [0.717, 1.165) is 19.4 Å². The molecule has 0 aliphatic carbocycles. The van der Waals surface area contributed by atoms with Gasteiger partial charge >= 0.3 is 0 Å². The van der Waals surface area contributed by atoms with Crippen molar-refractivity contribution in [1.29, 1.82) is 0 Å². The van der Waals surface area contributed by atoms with E-state index in [0.29, 0.717) is 29.7 Å². The summed E-state index contributed by atoms with van der Waals surface area (Å²) in [7, 11) is 0. The summed E-state index contributed by atoms with van der Waals surface area (Å²) in [5, 5.41) is 12.1. The number of hydrogen-bond donors (Lipinski definition) is 0. The van der Waals surface area contributed by atoms with Gasteiger partial charge in [0.2, 0.25) is 17.6 Å². The molecule has 9 nitrogen and oxygen atoms in total. The van der Waals surface area contributed by atoms with Crippen molar-refractivity contribution < 1.29 is 13.7 Å². The molecule has 0 unspecified atom stereocenters. The fourth-order valence-electron chi connectivity index (χ4n) is 2.98. The number of aryl methyl sites for hydroxylation is 1. The van der Waals surface area contributed by atoms with E-state index in [4.69, 9.17) is 8.94 Å². The topological polar surface area (TPSA) is 103 Å². The highest BCUT2D eigenvalue weighted by Gasteiger charge is 2.25. The van der Waals surface area contributed by atoms with Crippen molar-refractivity contribution in [2.45, 2.75) is 25.8 Å². The van der Waals surface area contributed by atoms with Gasteiger partial charge in [-0.25, -0.2) is 4.68 Å². The normalized spacial score (nSPS) is 17.9. The van der Waals surface area contributed by atoms with Crippen molar-refractivity contribution >= 4 is 12.0 Å². The lowest BCUT2D eigenvalue weighted by Gasteiger charge is -2.31. The zero-order valence-corrected chi connectivity index (χ0v) is 14.3. The SMILES string of the molecule is Cc1nc(-c2cn([C@H]3CCCN(C(=O)/C=C/c4ccco4)C3)nn2)no1. The zero-order valence-electron chi connectivity index (χ0n) is 14.3. The van der Waals surface area contributed by atoms with Crippen LogP contribution in [-0.4, -0.2) is 49.0 Å². The standard InChI is InChI=1S/C17H18N6O3/c1-12-18-17(20-26-12)15-11-23(21-19-15)13-4-2-8-22(10-13)16(24)7-6-14-5-3-9-25-14/h3,5-7,9,11,13H,2,4,8,10H2,1H3/b7-6+/t13-/m0/s1. The smallest absolute Gasteiger partial charge is 0.246 e. The third-order valence-electron chi connectivity index (χ3n) is 4.28. The number of rotatable bonds is 4. The Morgan fingerprint density at radius 2 is 2.35 bits per heavy atom. The molecule has 1 aliphatic heterocycles. The van der Waals surface area contributed by atoms with E-state index in [1.807, 2.05) is 4.90 Å². The number of nitrogens with zero attached hydrogens (tertiary/aromatic N) is 6. The van der Waals surface area contributed by atoms with Gasteiger partial charge < -0.3 is 13.8 Å². The van der Waals surface area contributed by atoms with E-state index in [1.54, 1.807) is 42.3 Å². The molecule has 4 heterocycles. The molecule has 26 heavy (non-hydrogen) atoms. The van der Waals surface area contributed by atoms with Gasteiger partial charge in [0, 0.05) is 26.1 Å². The van der Waals surface area contributed by atoms with Gasteiger partial charge in [-0.3, -0.25) is 4.79 Å². The molecule has 1 aliphatic rings. The summed E-state index contributed by atoms with van der Waals surface area (Å²) in [5.74, 6) is 1.51. The van der Waals surface area contributed by atoms with E-state index in [2.05, 4.69) is 20.5 Å². The first kappa shape index (κ1) is 16.2. The Bertz CT molecular complexity index is 911. The van der Waals surface area contributed by atoms with Crippen LogP contribution in [0.3, 0.4) is 0 Å². The highest BCUT2D eigenvalue weighted by molar-refractivity contribution is 5.91. The van der Waals surface area contributed by atoms with Gasteiger partial charge in [0.1, 0.15) is 5.76 Å². The third-order valence-corrected chi connectivity index (χ3v) is 4.28. The van der Waals surface area contributed by atoms with E-state index >= 15 is 0 Å². The highest BCUT2D eigenvalue weighted by Crippen LogP contribution is 2.23. The maximum atomic E-state index is 12.4. The van der Waals surface area contributed by atoms with Gasteiger partial charge in [-0.1, -0.05) is 10.4 Å². The van der Waals surface area contributed by atoms with Crippen LogP contribution in [0.25, 0.3) is 17.6 Å². The Kier molecular flexibility index (Phi) is 4.34. The van der Waals surface area contributed by atoms with Crippen molar-refractivity contribution in [3.05, 3.63) is 42.3 Å². The molecular formula is C17H18N6O3. The predicted molar refractivity (Wildman–Crippen MR) is 90.6 cm³/mol. The summed E-state index contributed by atoms with van der Waals surface area (Å²) >= 11 is 0. The van der Waals surface area contributed by atoms with E-state index in [1.165, 1.54) is 6.08 Å². The van der Waals surface area contributed by atoms with Crippen LogP contribution in [-0.2, 0) is 4.79 Å². The first-order valence-corrected chi connectivity index (χ1v) is 8.42. The second-order valence-corrected chi connectivity index (χ2v) is 6.15. The van der Waals surface area contributed by atoms with Gasteiger partial charge in [0.05, 0.1) is 18.5 Å². The molecule has 0 bridgehead atoms. The number of carbonyl (C=O) groups excluding carboxylic acids is 1. The molecule has 1 saturated heterocycles. The molecule has 3 aromatic rings. The zero-order chi connectivity index (χ0) is 17.9. The first-order valence-electron chi connectivity index (χ1n) is 8.42. The molecule has 9 heteroatoms. The summed E-state index contributed by atoms with van der Waals surface area (Å²) in [6.07, 6.45) is 8.42. The fraction of sp³-hybridized carbons (Fsp3) is 0.353. The van der Waals surface area contributed by atoms with Crippen molar-refractivity contribution in [3.8, 4) is 11.5 Å². The van der Waals surface area contributed by atoms with Crippen LogP contribution in [0.2, 0.25) is 0 Å². The van der Waals surface area contributed by atoms with Crippen LogP contribution in [0.4, 0.5) is 0 Å². The average molecular weight is 354 g/mol. The monoisotopic (exact) mass is 354 g/mol. The molecule has 4 rings (SSSR count). The Labute approximate surface area is 149 Å². The van der Waals surface area contributed by atoms with Gasteiger partial charge in [0.25, 0.3) is 0 Å². The molecule has 1 amide bonds. The van der Waals surface area contributed by atoms with Gasteiger partial charge in [-0.05, 0) is 31.1 Å². The van der Waals surface area contributed by atoms with Crippen LogP contribution in [0.1, 0.15) is 30.5 Å². The van der Waals surface area contributed by atoms with Gasteiger partial charge in [-0.2, -0.15) is 4.98 Å². The second-order valence-electron chi connectivity index (χ2n) is 6.15. The Hall–Kier alpha value is -3.23. The van der Waals surface area contributed by atoms with Crippen LogP contribution in [0.5, 0.6) is 0 Å². The highest BCUT2D eigenvalue weighted by atomic mass is 16.5. The van der Waals surface area contributed by atoms with Crippen LogP contribution in [0, 0.1) is 6.92 Å². The maximum absolute atomic E-state index is 12.4. The Morgan fingerprint density at radius 1 is 1.42 bits per heavy atom. The largest absolute Gasteiger partial charge is 0.465 e. The average Bonchev–Trinajstić information content (AvgIpc) is 3.41. The van der Waals surface area contributed by atoms with Crippen LogP contribution >= 0.6 is 0 Å². The lowest BCUT2D eigenvalue weighted by molar-refractivity contribution is -0.127.